The Balaban J connectivity index is 1.41. The predicted octanol–water partition coefficient (Wildman–Crippen LogP) is 2.16. The van der Waals surface area contributed by atoms with Gasteiger partial charge < -0.3 is 14.4 Å². The molecule has 3 rings (SSSR count). The van der Waals surface area contributed by atoms with Crippen LogP contribution in [-0.4, -0.2) is 67.7 Å². The fourth-order valence-corrected chi connectivity index (χ4v) is 3.68. The zero-order valence-electron chi connectivity index (χ0n) is 14.8. The molecule has 0 N–H and O–H groups in total. The molecule has 2 heterocycles. The van der Waals surface area contributed by atoms with Crippen LogP contribution in [0.1, 0.15) is 19.8 Å². The molecule has 0 aromatic heterocycles. The van der Waals surface area contributed by atoms with E-state index < -0.39 is 0 Å². The van der Waals surface area contributed by atoms with E-state index in [9.17, 15) is 9.18 Å². The van der Waals surface area contributed by atoms with Crippen LogP contribution in [0.5, 0.6) is 5.75 Å². The van der Waals surface area contributed by atoms with E-state index in [0.29, 0.717) is 17.7 Å². The number of benzene rings is 1. The monoisotopic (exact) mass is 350 g/mol. The van der Waals surface area contributed by atoms with Crippen LogP contribution >= 0.6 is 0 Å². The van der Waals surface area contributed by atoms with E-state index in [1.54, 1.807) is 12.1 Å². The molecule has 1 atom stereocenters. The second kappa shape index (κ2) is 8.63. The summed E-state index contributed by atoms with van der Waals surface area (Å²) in [6.45, 7) is 7.53. The molecule has 0 saturated carbocycles. The van der Waals surface area contributed by atoms with E-state index >= 15 is 0 Å². The molecule has 2 fully saturated rings. The SMILES string of the molecule is CC(C1CCN(C(=O)COc2ccc(F)cc2)CC1)N1CCOCC1. The molecule has 6 heteroatoms. The number of carbonyl (C=O) groups excluding carboxylic acids is 1. The Hall–Kier alpha value is -1.66. The van der Waals surface area contributed by atoms with Gasteiger partial charge in [-0.2, -0.15) is 0 Å². The normalized spacial score (nSPS) is 21.1. The summed E-state index contributed by atoms with van der Waals surface area (Å²) in [6, 6.07) is 6.28. The van der Waals surface area contributed by atoms with Crippen molar-refractivity contribution in [1.29, 1.82) is 0 Å². The van der Waals surface area contributed by atoms with Crippen molar-refractivity contribution in [3.05, 3.63) is 30.1 Å². The summed E-state index contributed by atoms with van der Waals surface area (Å²) >= 11 is 0. The first kappa shape index (κ1) is 18.1. The van der Waals surface area contributed by atoms with Crippen molar-refractivity contribution in [3.8, 4) is 5.75 Å². The van der Waals surface area contributed by atoms with Crippen molar-refractivity contribution in [2.75, 3.05) is 46.0 Å². The van der Waals surface area contributed by atoms with Crippen LogP contribution in [0.15, 0.2) is 24.3 Å². The summed E-state index contributed by atoms with van der Waals surface area (Å²) in [6.07, 6.45) is 2.06. The molecular formula is C19H27FN2O3. The maximum atomic E-state index is 12.9. The third kappa shape index (κ3) is 4.92. The summed E-state index contributed by atoms with van der Waals surface area (Å²) in [5.74, 6) is 0.836. The zero-order chi connectivity index (χ0) is 17.6. The summed E-state index contributed by atoms with van der Waals surface area (Å²) in [5, 5.41) is 0. The molecule has 0 radical (unpaired) electrons. The van der Waals surface area contributed by atoms with Gasteiger partial charge in [0.25, 0.3) is 5.91 Å². The van der Waals surface area contributed by atoms with Crippen molar-refractivity contribution in [1.82, 2.24) is 9.80 Å². The lowest BCUT2D eigenvalue weighted by Crippen LogP contribution is -2.49. The fraction of sp³-hybridized carbons (Fsp3) is 0.632. The average Bonchev–Trinajstić information content (AvgIpc) is 2.67. The minimum atomic E-state index is -0.310. The molecule has 1 amide bonds. The molecular weight excluding hydrogens is 323 g/mol. The molecule has 2 saturated heterocycles. The Kier molecular flexibility index (Phi) is 6.26. The van der Waals surface area contributed by atoms with Gasteiger partial charge in [-0.25, -0.2) is 4.39 Å². The standard InChI is InChI=1S/C19H27FN2O3/c1-15(21-10-12-24-13-11-21)16-6-8-22(9-7-16)19(23)14-25-18-4-2-17(20)3-5-18/h2-5,15-16H,6-14H2,1H3. The van der Waals surface area contributed by atoms with E-state index in [0.717, 1.165) is 52.2 Å². The maximum Gasteiger partial charge on any atom is 0.260 e. The highest BCUT2D eigenvalue weighted by molar-refractivity contribution is 5.77. The number of rotatable bonds is 5. The number of amides is 1. The Labute approximate surface area is 148 Å². The van der Waals surface area contributed by atoms with Crippen LogP contribution in [0.4, 0.5) is 4.39 Å². The van der Waals surface area contributed by atoms with Gasteiger partial charge in [-0.15, -0.1) is 0 Å². The number of hydrogen-bond acceptors (Lipinski definition) is 4. The summed E-state index contributed by atoms with van der Waals surface area (Å²) in [7, 11) is 0. The minimum absolute atomic E-state index is 0.00167. The Morgan fingerprint density at radius 1 is 1.20 bits per heavy atom. The molecule has 1 unspecified atom stereocenters. The molecule has 1 aromatic rings. The number of nitrogens with zero attached hydrogens (tertiary/aromatic N) is 2. The second-order valence-electron chi connectivity index (χ2n) is 6.85. The first-order valence-corrected chi connectivity index (χ1v) is 9.11. The van der Waals surface area contributed by atoms with Crippen LogP contribution < -0.4 is 4.74 Å². The predicted molar refractivity (Wildman–Crippen MR) is 93.1 cm³/mol. The molecule has 0 aliphatic carbocycles. The number of hydrogen-bond donors (Lipinski definition) is 0. The van der Waals surface area contributed by atoms with Crippen molar-refractivity contribution < 1.29 is 18.7 Å². The first-order valence-electron chi connectivity index (χ1n) is 9.11. The molecule has 2 aliphatic heterocycles. The summed E-state index contributed by atoms with van der Waals surface area (Å²) in [5.41, 5.74) is 0. The average molecular weight is 350 g/mol. The van der Waals surface area contributed by atoms with Gasteiger partial charge in [-0.1, -0.05) is 0 Å². The van der Waals surface area contributed by atoms with Crippen LogP contribution in [0, 0.1) is 11.7 Å². The molecule has 1 aromatic carbocycles. The van der Waals surface area contributed by atoms with Gasteiger partial charge in [0.2, 0.25) is 0 Å². The minimum Gasteiger partial charge on any atom is -0.484 e. The van der Waals surface area contributed by atoms with Gasteiger partial charge in [0.1, 0.15) is 11.6 Å². The van der Waals surface area contributed by atoms with Gasteiger partial charge in [0.15, 0.2) is 6.61 Å². The second-order valence-corrected chi connectivity index (χ2v) is 6.85. The van der Waals surface area contributed by atoms with Crippen molar-refractivity contribution in [3.63, 3.8) is 0 Å². The molecule has 5 nitrogen and oxygen atoms in total. The molecule has 25 heavy (non-hydrogen) atoms. The summed E-state index contributed by atoms with van der Waals surface area (Å²) < 4.78 is 23.8. The van der Waals surface area contributed by atoms with E-state index in [-0.39, 0.29) is 18.3 Å². The maximum absolute atomic E-state index is 12.9. The molecule has 0 spiro atoms. The third-order valence-corrected chi connectivity index (χ3v) is 5.37. The van der Waals surface area contributed by atoms with E-state index in [1.807, 2.05) is 4.90 Å². The van der Waals surface area contributed by atoms with Crippen LogP contribution in [0.25, 0.3) is 0 Å². The highest BCUT2D eigenvalue weighted by atomic mass is 19.1. The van der Waals surface area contributed by atoms with Gasteiger partial charge in [0.05, 0.1) is 13.2 Å². The number of carbonyl (C=O) groups is 1. The van der Waals surface area contributed by atoms with Crippen LogP contribution in [-0.2, 0) is 9.53 Å². The van der Waals surface area contributed by atoms with Crippen LogP contribution in [0.3, 0.4) is 0 Å². The van der Waals surface area contributed by atoms with E-state index in [1.165, 1.54) is 12.1 Å². The van der Waals surface area contributed by atoms with Crippen molar-refractivity contribution in [2.45, 2.75) is 25.8 Å². The number of morpholine rings is 1. The topological polar surface area (TPSA) is 42.0 Å². The van der Waals surface area contributed by atoms with Gasteiger partial charge in [0, 0.05) is 32.2 Å². The number of ether oxygens (including phenoxy) is 2. The quantitative estimate of drug-likeness (QED) is 0.816. The first-order chi connectivity index (χ1) is 12.1. The Morgan fingerprint density at radius 2 is 1.84 bits per heavy atom. The fourth-order valence-electron chi connectivity index (χ4n) is 3.68. The molecule has 2 aliphatic rings. The smallest absolute Gasteiger partial charge is 0.260 e. The summed E-state index contributed by atoms with van der Waals surface area (Å²) in [4.78, 5) is 16.7. The van der Waals surface area contributed by atoms with E-state index in [2.05, 4.69) is 11.8 Å². The highest BCUT2D eigenvalue weighted by Crippen LogP contribution is 2.25. The van der Waals surface area contributed by atoms with Gasteiger partial charge in [-0.3, -0.25) is 9.69 Å². The lowest BCUT2D eigenvalue weighted by molar-refractivity contribution is -0.135. The molecule has 138 valence electrons. The Bertz CT molecular complexity index is 552. The number of halogens is 1. The van der Waals surface area contributed by atoms with Gasteiger partial charge >= 0.3 is 0 Å². The van der Waals surface area contributed by atoms with Crippen molar-refractivity contribution in [2.24, 2.45) is 5.92 Å². The largest absolute Gasteiger partial charge is 0.484 e. The lowest BCUT2D eigenvalue weighted by Gasteiger charge is -2.41. The third-order valence-electron chi connectivity index (χ3n) is 5.37. The van der Waals surface area contributed by atoms with Crippen LogP contribution in [0.2, 0.25) is 0 Å². The lowest BCUT2D eigenvalue weighted by atomic mass is 9.89. The number of likely N-dealkylation sites (tertiary alicyclic amines) is 1. The van der Waals surface area contributed by atoms with Gasteiger partial charge in [-0.05, 0) is 49.9 Å². The Morgan fingerprint density at radius 3 is 2.48 bits per heavy atom. The van der Waals surface area contributed by atoms with Crippen molar-refractivity contribution >= 4 is 5.91 Å². The number of piperidine rings is 1. The molecule has 0 bridgehead atoms. The highest BCUT2D eigenvalue weighted by Gasteiger charge is 2.30. The van der Waals surface area contributed by atoms with E-state index in [4.69, 9.17) is 9.47 Å². The zero-order valence-corrected chi connectivity index (χ0v) is 14.8.